The largest absolute Gasteiger partial charge is 0.465 e. The van der Waals surface area contributed by atoms with E-state index in [0.717, 1.165) is 16.7 Å². The van der Waals surface area contributed by atoms with Crippen molar-refractivity contribution in [2.24, 2.45) is 11.5 Å². The highest BCUT2D eigenvalue weighted by atomic mass is 16.5. The molecule has 1 aromatic carbocycles. The smallest absolute Gasteiger partial charge is 0.338 e. The summed E-state index contributed by atoms with van der Waals surface area (Å²) in [7, 11) is 1.35. The second kappa shape index (κ2) is 4.42. The number of benzene rings is 1. The molecule has 0 atom stereocenters. The Kier molecular flexibility index (Phi) is 3.44. The molecule has 15 heavy (non-hydrogen) atoms. The van der Waals surface area contributed by atoms with E-state index >= 15 is 0 Å². The van der Waals surface area contributed by atoms with Crippen LogP contribution in [0, 0.1) is 13.8 Å². The van der Waals surface area contributed by atoms with Gasteiger partial charge in [0.05, 0.1) is 18.8 Å². The third kappa shape index (κ3) is 2.34. The van der Waals surface area contributed by atoms with Crippen LogP contribution in [-0.4, -0.2) is 13.1 Å². The summed E-state index contributed by atoms with van der Waals surface area (Å²) >= 11 is 0. The van der Waals surface area contributed by atoms with Crippen molar-refractivity contribution >= 4 is 5.97 Å². The molecule has 0 amide bonds. The van der Waals surface area contributed by atoms with Crippen LogP contribution in [0.3, 0.4) is 0 Å². The third-order valence-electron chi connectivity index (χ3n) is 2.38. The first kappa shape index (κ1) is 11.7. The Morgan fingerprint density at radius 3 is 2.33 bits per heavy atom. The van der Waals surface area contributed by atoms with Gasteiger partial charge in [0.25, 0.3) is 0 Å². The molecule has 0 unspecified atom stereocenters. The number of rotatable bonds is 2. The number of aryl methyl sites for hydroxylation is 2. The minimum Gasteiger partial charge on any atom is -0.465 e. The van der Waals surface area contributed by atoms with Crippen molar-refractivity contribution < 1.29 is 9.53 Å². The summed E-state index contributed by atoms with van der Waals surface area (Å²) in [6, 6.07) is 3.58. The molecule has 0 fully saturated rings. The number of carbonyl (C=O) groups excluding carboxylic acids is 1. The Morgan fingerprint density at radius 1 is 1.27 bits per heavy atom. The molecule has 4 N–H and O–H groups in total. The molecule has 82 valence electrons. The van der Waals surface area contributed by atoms with Gasteiger partial charge in [-0.3, -0.25) is 0 Å². The monoisotopic (exact) mass is 208 g/mol. The number of methoxy groups -OCH3 is 1. The van der Waals surface area contributed by atoms with Gasteiger partial charge in [0.2, 0.25) is 0 Å². The van der Waals surface area contributed by atoms with Gasteiger partial charge < -0.3 is 16.2 Å². The highest BCUT2D eigenvalue weighted by Crippen LogP contribution is 2.19. The van der Waals surface area contributed by atoms with E-state index in [0.29, 0.717) is 5.56 Å². The van der Waals surface area contributed by atoms with Gasteiger partial charge in [0.1, 0.15) is 0 Å². The maximum atomic E-state index is 11.4. The van der Waals surface area contributed by atoms with E-state index in [9.17, 15) is 4.79 Å². The lowest BCUT2D eigenvalue weighted by Gasteiger charge is -2.13. The van der Waals surface area contributed by atoms with Gasteiger partial charge in [-0.05, 0) is 36.6 Å². The molecule has 0 saturated heterocycles. The van der Waals surface area contributed by atoms with Crippen LogP contribution in [0.5, 0.6) is 0 Å². The Bertz CT molecular complexity index is 386. The molecular formula is C11H16N2O2. The van der Waals surface area contributed by atoms with Crippen molar-refractivity contribution in [2.45, 2.75) is 20.0 Å². The molecule has 0 spiro atoms. The zero-order chi connectivity index (χ0) is 11.6. The first-order valence-electron chi connectivity index (χ1n) is 4.68. The first-order valence-corrected chi connectivity index (χ1v) is 4.68. The van der Waals surface area contributed by atoms with Crippen LogP contribution in [0.2, 0.25) is 0 Å². The van der Waals surface area contributed by atoms with Crippen LogP contribution in [0.1, 0.15) is 33.2 Å². The first-order chi connectivity index (χ1) is 6.97. The zero-order valence-corrected chi connectivity index (χ0v) is 9.20. The number of nitrogens with two attached hydrogens (primary N) is 2. The molecule has 0 aliphatic heterocycles. The normalized spacial score (nSPS) is 10.5. The fraction of sp³-hybridized carbons (Fsp3) is 0.364. The lowest BCUT2D eigenvalue weighted by atomic mass is 9.98. The van der Waals surface area contributed by atoms with Gasteiger partial charge in [-0.15, -0.1) is 0 Å². The highest BCUT2D eigenvalue weighted by Gasteiger charge is 2.13. The van der Waals surface area contributed by atoms with Gasteiger partial charge in [-0.1, -0.05) is 6.07 Å². The summed E-state index contributed by atoms with van der Waals surface area (Å²) in [6.07, 6.45) is -0.575. The lowest BCUT2D eigenvalue weighted by Crippen LogP contribution is -2.22. The van der Waals surface area contributed by atoms with E-state index < -0.39 is 6.17 Å². The summed E-state index contributed by atoms with van der Waals surface area (Å²) in [6.45, 7) is 3.77. The van der Waals surface area contributed by atoms with E-state index in [1.54, 1.807) is 6.07 Å². The average Bonchev–Trinajstić information content (AvgIpc) is 2.16. The number of hydrogen-bond donors (Lipinski definition) is 2. The fourth-order valence-electron chi connectivity index (χ4n) is 1.56. The van der Waals surface area contributed by atoms with Crippen LogP contribution in [-0.2, 0) is 4.74 Å². The highest BCUT2D eigenvalue weighted by molar-refractivity contribution is 5.91. The minimum atomic E-state index is -0.575. The SMILES string of the molecule is COC(=O)c1cc(C(N)N)c(C)cc1C. The van der Waals surface area contributed by atoms with Crippen LogP contribution in [0.25, 0.3) is 0 Å². The molecule has 4 nitrogen and oxygen atoms in total. The minimum absolute atomic E-state index is 0.366. The maximum Gasteiger partial charge on any atom is 0.338 e. The van der Waals surface area contributed by atoms with Gasteiger partial charge in [0.15, 0.2) is 0 Å². The second-order valence-electron chi connectivity index (χ2n) is 3.54. The lowest BCUT2D eigenvalue weighted by molar-refractivity contribution is 0.0600. The second-order valence-corrected chi connectivity index (χ2v) is 3.54. The Labute approximate surface area is 89.2 Å². The molecule has 0 aromatic heterocycles. The number of esters is 1. The molecule has 0 bridgehead atoms. The standard InChI is InChI=1S/C11H16N2O2/c1-6-4-7(2)9(11(14)15-3)5-8(6)10(12)13/h4-5,10H,12-13H2,1-3H3. The molecule has 0 aliphatic carbocycles. The Hall–Kier alpha value is -1.39. The Balaban J connectivity index is 3.29. The van der Waals surface area contributed by atoms with Crippen LogP contribution < -0.4 is 11.5 Å². The molecule has 0 heterocycles. The van der Waals surface area contributed by atoms with Crippen molar-refractivity contribution in [2.75, 3.05) is 7.11 Å². The molecular weight excluding hydrogens is 192 g/mol. The van der Waals surface area contributed by atoms with Crippen molar-refractivity contribution in [1.82, 2.24) is 0 Å². The summed E-state index contributed by atoms with van der Waals surface area (Å²) in [5.74, 6) is -0.366. The van der Waals surface area contributed by atoms with E-state index in [4.69, 9.17) is 11.5 Å². The quantitative estimate of drug-likeness (QED) is 0.561. The van der Waals surface area contributed by atoms with E-state index in [2.05, 4.69) is 4.74 Å². The van der Waals surface area contributed by atoms with Crippen LogP contribution in [0.15, 0.2) is 12.1 Å². The summed E-state index contributed by atoms with van der Waals surface area (Å²) in [4.78, 5) is 11.4. The van der Waals surface area contributed by atoms with Crippen molar-refractivity contribution in [3.05, 3.63) is 34.4 Å². The van der Waals surface area contributed by atoms with Crippen molar-refractivity contribution in [3.8, 4) is 0 Å². The van der Waals surface area contributed by atoms with Crippen molar-refractivity contribution in [1.29, 1.82) is 0 Å². The average molecular weight is 208 g/mol. The number of carbonyl (C=O) groups is 1. The van der Waals surface area contributed by atoms with Gasteiger partial charge in [-0.2, -0.15) is 0 Å². The summed E-state index contributed by atoms with van der Waals surface area (Å²) < 4.78 is 4.67. The van der Waals surface area contributed by atoms with Gasteiger partial charge >= 0.3 is 5.97 Å². The fourth-order valence-corrected chi connectivity index (χ4v) is 1.56. The van der Waals surface area contributed by atoms with Crippen LogP contribution >= 0.6 is 0 Å². The molecule has 0 radical (unpaired) electrons. The molecule has 1 rings (SSSR count). The van der Waals surface area contributed by atoms with E-state index in [-0.39, 0.29) is 5.97 Å². The molecule has 0 saturated carbocycles. The van der Waals surface area contributed by atoms with E-state index in [1.807, 2.05) is 19.9 Å². The number of hydrogen-bond acceptors (Lipinski definition) is 4. The summed E-state index contributed by atoms with van der Waals surface area (Å²) in [5.41, 5.74) is 14.3. The van der Waals surface area contributed by atoms with Gasteiger partial charge in [-0.25, -0.2) is 4.79 Å². The number of ether oxygens (including phenoxy) is 1. The summed E-state index contributed by atoms with van der Waals surface area (Å²) in [5, 5.41) is 0. The zero-order valence-electron chi connectivity index (χ0n) is 9.20. The molecule has 4 heteroatoms. The van der Waals surface area contributed by atoms with E-state index in [1.165, 1.54) is 7.11 Å². The van der Waals surface area contributed by atoms with Crippen molar-refractivity contribution in [3.63, 3.8) is 0 Å². The molecule has 1 aromatic rings. The maximum absolute atomic E-state index is 11.4. The van der Waals surface area contributed by atoms with Gasteiger partial charge in [0, 0.05) is 0 Å². The Morgan fingerprint density at radius 2 is 1.87 bits per heavy atom. The predicted octanol–water partition coefficient (Wildman–Crippen LogP) is 1.01. The topological polar surface area (TPSA) is 78.3 Å². The van der Waals surface area contributed by atoms with Crippen LogP contribution in [0.4, 0.5) is 0 Å². The molecule has 0 aliphatic rings. The predicted molar refractivity (Wildman–Crippen MR) is 58.4 cm³/mol. The third-order valence-corrected chi connectivity index (χ3v) is 2.38.